The Balaban J connectivity index is 0.895. The highest BCUT2D eigenvalue weighted by Crippen LogP contribution is 2.54. The molecule has 0 atom stereocenters. The highest BCUT2D eigenvalue weighted by Gasteiger charge is 2.45. The first-order valence-corrected chi connectivity index (χ1v) is 35.7. The number of thiophene rings is 2. The monoisotopic (exact) mass is 1350 g/mol. The van der Waals surface area contributed by atoms with Crippen molar-refractivity contribution in [2.24, 2.45) is 0 Å². The summed E-state index contributed by atoms with van der Waals surface area (Å²) in [7, 11) is 0. The first-order chi connectivity index (χ1) is 55.6. The van der Waals surface area contributed by atoms with Crippen LogP contribution >= 0.6 is 22.7 Å². The van der Waals surface area contributed by atoms with Crippen LogP contribution in [0.25, 0.3) is 156 Å². The molecule has 478 valence electrons. The molecule has 20 aromatic rings. The lowest BCUT2D eigenvalue weighted by Crippen LogP contribution is -2.61. The molecule has 0 unspecified atom stereocenters. The maximum atomic E-state index is 10.0. The lowest BCUT2D eigenvalue weighted by atomic mass is 9.33. The predicted octanol–water partition coefficient (Wildman–Crippen LogP) is 25.4. The van der Waals surface area contributed by atoms with E-state index in [-0.39, 0.29) is 44.9 Å². The Labute approximate surface area is 614 Å². The first-order valence-electron chi connectivity index (χ1n) is 40.6. The van der Waals surface area contributed by atoms with E-state index in [1.54, 1.807) is 27.2 Å². The third-order valence-electron chi connectivity index (χ3n) is 21.1. The van der Waals surface area contributed by atoms with Crippen LogP contribution in [0.1, 0.15) is 44.2 Å². The minimum Gasteiger partial charge on any atom is -0.456 e. The van der Waals surface area contributed by atoms with Crippen molar-refractivity contribution in [3.05, 3.63) is 315 Å². The van der Waals surface area contributed by atoms with E-state index in [2.05, 4.69) is 188 Å². The Morgan fingerprint density at radius 3 is 1.47 bits per heavy atom. The molecule has 0 saturated heterocycles. The van der Waals surface area contributed by atoms with Crippen molar-refractivity contribution in [3.63, 3.8) is 0 Å². The summed E-state index contributed by atoms with van der Waals surface area (Å²) >= 11 is 3.30. The van der Waals surface area contributed by atoms with Crippen molar-refractivity contribution in [1.82, 2.24) is 4.57 Å². The van der Waals surface area contributed by atoms with Gasteiger partial charge in [0.1, 0.15) is 22.3 Å². The maximum absolute atomic E-state index is 10.0. The molecule has 0 aliphatic carbocycles. The molecule has 0 radical (unpaired) electrons. The predicted molar refractivity (Wildman–Crippen MR) is 436 cm³/mol. The van der Waals surface area contributed by atoms with Crippen molar-refractivity contribution >= 4 is 186 Å². The van der Waals surface area contributed by atoms with Gasteiger partial charge in [-0.05, 0) is 133 Å². The molecule has 0 amide bonds. The number of furan rings is 2. The second kappa shape index (κ2) is 21.7. The van der Waals surface area contributed by atoms with Crippen LogP contribution in [0, 0.1) is 0 Å². The molecule has 0 bridgehead atoms. The largest absolute Gasteiger partial charge is 0.456 e. The Bertz CT molecular complexity index is 7720. The van der Waals surface area contributed by atoms with Crippen molar-refractivity contribution in [1.29, 1.82) is 0 Å². The standard InChI is InChI=1S/C94H60BN3O2S2/c1-94(2,3)60-24-15-23-56(49-60)58-45-48-80-76(51-58)95-75-50-57(55-21-5-4-6-22-55)44-47-79(75)97(81-39-19-35-73-71-33-16-29-62(90(71)101-92(73)81)59-43-46-67-65-27-9-13-41-85(65)99-87(67)52-59)83-53-61(96-77-37-11-7-25-63(77)64-26-8-12-38-78(64)96)54-84(88(83)95)98(80)82-40-20-36-74-72-34-18-32-70(91(72)102-93(74)82)69-31-17-30-68-66-28-10-14-42-86(66)100-89(68)69/h4-54H,1-3H3/i4D,5D,6D,7D,8D,11D,12D,21D,22D,25D,26D,37D,38D. The SMILES string of the molecule is [2H]c1c([2H])c([2H])c(-c2ccc3c(c2)B2c4cc(-c5cccc(C(C)(C)C)c5)ccc4N(c4cccc5c4sc4c(-c6cccc7c6oc6ccccc67)cccc45)c4cc(-n5c6c([2H])c([2H])c([2H])c([2H])c6c6c([2H])c([2H])c([2H])c([2H])c65)cc(c42)N3c2cccc3c2sc2c(-c4ccc5c(c4)oc4ccccc45)cccc23)c([2H])c1[2H]. The number of rotatable bonds is 7. The van der Waals surface area contributed by atoms with Crippen molar-refractivity contribution in [2.75, 3.05) is 9.80 Å². The number of nitrogens with zero attached hydrogens (tertiary/aromatic N) is 3. The third-order valence-corrected chi connectivity index (χ3v) is 23.6. The molecule has 8 heteroatoms. The van der Waals surface area contributed by atoms with Crippen LogP contribution < -0.4 is 26.2 Å². The zero-order valence-corrected chi connectivity index (χ0v) is 56.6. The summed E-state index contributed by atoms with van der Waals surface area (Å²) < 4.78 is 142. The molecule has 0 saturated carbocycles. The fourth-order valence-electron chi connectivity index (χ4n) is 16.5. The molecule has 2 aliphatic rings. The van der Waals surface area contributed by atoms with Gasteiger partial charge < -0.3 is 23.2 Å². The van der Waals surface area contributed by atoms with E-state index in [1.165, 1.54) is 0 Å². The molecule has 2 aliphatic heterocycles. The minimum atomic E-state index is -0.751. The molecule has 5 aromatic heterocycles. The van der Waals surface area contributed by atoms with Crippen LogP contribution in [0.3, 0.4) is 0 Å². The summed E-state index contributed by atoms with van der Waals surface area (Å²) in [6.45, 7) is 5.84. The van der Waals surface area contributed by atoms with Crippen LogP contribution in [-0.4, -0.2) is 11.3 Å². The molecule has 15 aromatic carbocycles. The van der Waals surface area contributed by atoms with Gasteiger partial charge in [0.25, 0.3) is 6.71 Å². The Kier molecular flexibility index (Phi) is 9.81. The van der Waals surface area contributed by atoms with Crippen LogP contribution in [0.5, 0.6) is 0 Å². The van der Waals surface area contributed by atoms with Gasteiger partial charge in [-0.25, -0.2) is 0 Å². The van der Waals surface area contributed by atoms with Gasteiger partial charge in [0.15, 0.2) is 0 Å². The van der Waals surface area contributed by atoms with E-state index in [9.17, 15) is 13.7 Å². The highest BCUT2D eigenvalue weighted by atomic mass is 32.1. The van der Waals surface area contributed by atoms with E-state index in [4.69, 9.17) is 12.9 Å². The summed E-state index contributed by atoms with van der Waals surface area (Å²) in [5.74, 6) is 0. The third kappa shape index (κ3) is 8.39. The van der Waals surface area contributed by atoms with Crippen LogP contribution in [0.15, 0.2) is 318 Å². The topological polar surface area (TPSA) is 37.7 Å². The average Bonchev–Trinajstić information content (AvgIpc) is 1.62. The van der Waals surface area contributed by atoms with Crippen LogP contribution in [0.2, 0.25) is 0 Å². The lowest BCUT2D eigenvalue weighted by Gasteiger charge is -2.45. The van der Waals surface area contributed by atoms with Gasteiger partial charge in [0, 0.05) is 97.1 Å². The number of benzene rings is 15. The van der Waals surface area contributed by atoms with Crippen LogP contribution in [-0.2, 0) is 5.41 Å². The number of para-hydroxylation sites is 5. The number of hydrogen-bond donors (Lipinski definition) is 0. The second-order valence-corrected chi connectivity index (χ2v) is 29.7. The fourth-order valence-corrected chi connectivity index (χ4v) is 19.1. The average molecular weight is 1350 g/mol. The van der Waals surface area contributed by atoms with Gasteiger partial charge in [-0.2, -0.15) is 0 Å². The van der Waals surface area contributed by atoms with E-state index in [0.717, 1.165) is 157 Å². The smallest absolute Gasteiger partial charge is 0.252 e. The van der Waals surface area contributed by atoms with Gasteiger partial charge in [0.2, 0.25) is 0 Å². The summed E-state index contributed by atoms with van der Waals surface area (Å²) in [6.07, 6.45) is 0. The fraction of sp³-hybridized carbons (Fsp3) is 0.0426. The second-order valence-electron chi connectivity index (χ2n) is 27.6. The molecule has 0 fully saturated rings. The van der Waals surface area contributed by atoms with Crippen LogP contribution in [0.4, 0.5) is 34.1 Å². The summed E-state index contributed by atoms with van der Waals surface area (Å²) in [4.78, 5) is 4.51. The summed E-state index contributed by atoms with van der Waals surface area (Å²) in [5, 5.41) is 7.82. The zero-order valence-electron chi connectivity index (χ0n) is 68.0. The van der Waals surface area contributed by atoms with Crippen molar-refractivity contribution in [2.45, 2.75) is 26.2 Å². The zero-order chi connectivity index (χ0) is 78.5. The molecule has 7 heterocycles. The van der Waals surface area contributed by atoms with E-state index in [0.29, 0.717) is 28.3 Å². The minimum absolute atomic E-state index is 0.0277. The Morgan fingerprint density at radius 1 is 0.333 bits per heavy atom. The Hall–Kier alpha value is -12.2. The van der Waals surface area contributed by atoms with Gasteiger partial charge in [0.05, 0.1) is 55.3 Å². The molecule has 22 rings (SSSR count). The molecule has 102 heavy (non-hydrogen) atoms. The van der Waals surface area contributed by atoms with Gasteiger partial charge in [-0.15, -0.1) is 22.7 Å². The van der Waals surface area contributed by atoms with E-state index < -0.39 is 73.2 Å². The molecule has 5 nitrogen and oxygen atoms in total. The van der Waals surface area contributed by atoms with E-state index >= 15 is 0 Å². The normalized spacial score (nSPS) is 14.8. The maximum Gasteiger partial charge on any atom is 0.252 e. The molecule has 0 spiro atoms. The number of hydrogen-bond acceptors (Lipinski definition) is 6. The van der Waals surface area contributed by atoms with Crippen molar-refractivity contribution < 1.29 is 26.7 Å². The number of aromatic nitrogens is 1. The quantitative estimate of drug-likeness (QED) is 0.149. The van der Waals surface area contributed by atoms with Gasteiger partial charge in [-0.1, -0.05) is 257 Å². The molecule has 0 N–H and O–H groups in total. The highest BCUT2D eigenvalue weighted by molar-refractivity contribution is 7.27. The van der Waals surface area contributed by atoms with Gasteiger partial charge >= 0.3 is 0 Å². The van der Waals surface area contributed by atoms with Crippen molar-refractivity contribution in [3.8, 4) is 50.2 Å². The number of anilines is 6. The van der Waals surface area contributed by atoms with E-state index in [1.807, 2.05) is 72.8 Å². The molecular weight excluding hydrogens is 1280 g/mol. The first kappa shape index (κ1) is 46.2. The van der Waals surface area contributed by atoms with Gasteiger partial charge in [-0.3, -0.25) is 0 Å². The number of fused-ring (bicyclic) bond motifs is 19. The Morgan fingerprint density at radius 2 is 0.824 bits per heavy atom. The summed E-state index contributed by atoms with van der Waals surface area (Å²) in [6, 6.07) is 72.8. The lowest BCUT2D eigenvalue weighted by molar-refractivity contribution is 0.590. The summed E-state index contributed by atoms with van der Waals surface area (Å²) in [5.41, 5.74) is 16.9. The molecular formula is C94H60BN3O2S2.